The largest absolute Gasteiger partial charge is 0.340 e. The monoisotopic (exact) mass is 259 g/mol. The van der Waals surface area contributed by atoms with Gasteiger partial charge >= 0.3 is 0 Å². The van der Waals surface area contributed by atoms with Crippen LogP contribution in [0.2, 0.25) is 5.15 Å². The van der Waals surface area contributed by atoms with Crippen molar-refractivity contribution in [2.24, 2.45) is 0 Å². The van der Waals surface area contributed by atoms with Crippen molar-refractivity contribution in [2.75, 3.05) is 0 Å². The third-order valence-corrected chi connectivity index (χ3v) is 3.40. The van der Waals surface area contributed by atoms with Gasteiger partial charge in [0, 0.05) is 5.69 Å². The summed E-state index contributed by atoms with van der Waals surface area (Å²) in [5.74, 6) is 0. The van der Waals surface area contributed by atoms with Gasteiger partial charge in [0.05, 0.1) is 5.39 Å². The molecule has 3 aromatic rings. The Bertz CT molecular complexity index is 664. The Morgan fingerprint density at radius 2 is 2.00 bits per heavy atom. The molecule has 0 unspecified atom stereocenters. The topological polar surface area (TPSA) is 44.5 Å². The molecule has 2 N–H and O–H groups in total. The first-order chi connectivity index (χ1) is 8.78. The number of aromatic amines is 2. The highest BCUT2D eigenvalue weighted by Crippen LogP contribution is 2.27. The summed E-state index contributed by atoms with van der Waals surface area (Å²) in [6, 6.07) is 10.6. The number of hydrogen-bond acceptors (Lipinski definition) is 1. The molecule has 0 bridgehead atoms. The zero-order valence-corrected chi connectivity index (χ0v) is 10.9. The molecule has 18 heavy (non-hydrogen) atoms. The van der Waals surface area contributed by atoms with E-state index in [1.54, 1.807) is 0 Å². The van der Waals surface area contributed by atoms with Gasteiger partial charge in [-0.25, -0.2) is 0 Å². The van der Waals surface area contributed by atoms with E-state index in [1.165, 1.54) is 12.0 Å². The second kappa shape index (κ2) is 4.50. The maximum atomic E-state index is 5.98. The van der Waals surface area contributed by atoms with Crippen molar-refractivity contribution in [3.63, 3.8) is 0 Å². The number of halogens is 1. The lowest BCUT2D eigenvalue weighted by molar-refractivity contribution is 0.922. The molecular weight excluding hydrogens is 246 g/mol. The maximum absolute atomic E-state index is 5.98. The standard InChI is InChI=1S/C14H14ClN3/c1-2-3-9-4-6-10(7-5-9)12-8-11-13(15)17-18-14(11)16-12/h4-8H,2-3H2,1H3,(H2,16,17,18). The van der Waals surface area contributed by atoms with Crippen LogP contribution in [0.25, 0.3) is 22.3 Å². The van der Waals surface area contributed by atoms with Crippen molar-refractivity contribution in [3.8, 4) is 11.3 Å². The van der Waals surface area contributed by atoms with Crippen molar-refractivity contribution in [1.82, 2.24) is 15.2 Å². The Hall–Kier alpha value is -1.74. The van der Waals surface area contributed by atoms with E-state index in [0.29, 0.717) is 5.15 Å². The van der Waals surface area contributed by atoms with E-state index in [4.69, 9.17) is 11.6 Å². The number of aryl methyl sites for hydroxylation is 1. The second-order valence-corrected chi connectivity index (χ2v) is 4.79. The summed E-state index contributed by atoms with van der Waals surface area (Å²) >= 11 is 5.98. The van der Waals surface area contributed by atoms with Gasteiger partial charge in [0.2, 0.25) is 0 Å². The van der Waals surface area contributed by atoms with Crippen molar-refractivity contribution in [2.45, 2.75) is 19.8 Å². The van der Waals surface area contributed by atoms with Gasteiger partial charge in [-0.3, -0.25) is 5.10 Å². The minimum absolute atomic E-state index is 0.509. The first-order valence-electron chi connectivity index (χ1n) is 6.10. The van der Waals surface area contributed by atoms with Crippen LogP contribution in [0.5, 0.6) is 0 Å². The van der Waals surface area contributed by atoms with Gasteiger partial charge < -0.3 is 4.98 Å². The molecule has 0 radical (unpaired) electrons. The van der Waals surface area contributed by atoms with Crippen LogP contribution in [0.3, 0.4) is 0 Å². The predicted octanol–water partition coefficient (Wildman–Crippen LogP) is 4.16. The number of aromatic nitrogens is 3. The van der Waals surface area contributed by atoms with Crippen LogP contribution >= 0.6 is 11.6 Å². The molecule has 3 rings (SSSR count). The number of nitrogens with one attached hydrogen (secondary N) is 2. The molecule has 1 aromatic carbocycles. The van der Waals surface area contributed by atoms with Crippen LogP contribution in [-0.2, 0) is 6.42 Å². The van der Waals surface area contributed by atoms with E-state index in [-0.39, 0.29) is 0 Å². The molecule has 4 heteroatoms. The summed E-state index contributed by atoms with van der Waals surface area (Å²) in [4.78, 5) is 3.28. The van der Waals surface area contributed by atoms with Gasteiger partial charge in [-0.05, 0) is 23.6 Å². The van der Waals surface area contributed by atoms with Crippen LogP contribution in [0.4, 0.5) is 0 Å². The average molecular weight is 260 g/mol. The highest BCUT2D eigenvalue weighted by Gasteiger charge is 2.08. The number of H-pyrrole nitrogens is 2. The molecule has 0 saturated carbocycles. The fourth-order valence-corrected chi connectivity index (χ4v) is 2.36. The van der Waals surface area contributed by atoms with Gasteiger partial charge in [-0.2, -0.15) is 5.10 Å². The van der Waals surface area contributed by atoms with Crippen molar-refractivity contribution in [3.05, 3.63) is 41.0 Å². The van der Waals surface area contributed by atoms with Crippen molar-refractivity contribution >= 4 is 22.6 Å². The maximum Gasteiger partial charge on any atom is 0.160 e. The van der Waals surface area contributed by atoms with E-state index < -0.39 is 0 Å². The number of fused-ring (bicyclic) bond motifs is 1. The minimum atomic E-state index is 0.509. The van der Waals surface area contributed by atoms with Crippen molar-refractivity contribution < 1.29 is 0 Å². The molecule has 0 aliphatic heterocycles. The minimum Gasteiger partial charge on any atom is -0.340 e. The van der Waals surface area contributed by atoms with Crippen LogP contribution in [0, 0.1) is 0 Å². The summed E-state index contributed by atoms with van der Waals surface area (Å²) in [6.45, 7) is 2.19. The summed E-state index contributed by atoms with van der Waals surface area (Å²) in [7, 11) is 0. The Labute approximate surface area is 110 Å². The van der Waals surface area contributed by atoms with E-state index in [9.17, 15) is 0 Å². The van der Waals surface area contributed by atoms with Gasteiger partial charge in [-0.15, -0.1) is 0 Å². The number of benzene rings is 1. The Morgan fingerprint density at radius 3 is 2.67 bits per heavy atom. The molecular formula is C14H14ClN3. The third-order valence-electron chi connectivity index (χ3n) is 3.11. The molecule has 92 valence electrons. The van der Waals surface area contributed by atoms with Gasteiger partial charge in [-0.1, -0.05) is 49.2 Å². The van der Waals surface area contributed by atoms with E-state index >= 15 is 0 Å². The van der Waals surface area contributed by atoms with Crippen LogP contribution in [-0.4, -0.2) is 15.2 Å². The molecule has 0 saturated heterocycles. The lowest BCUT2D eigenvalue weighted by atomic mass is 10.1. The lowest BCUT2D eigenvalue weighted by Gasteiger charge is -2.01. The summed E-state index contributed by atoms with van der Waals surface area (Å²) < 4.78 is 0. The van der Waals surface area contributed by atoms with Crippen LogP contribution in [0.15, 0.2) is 30.3 Å². The molecule has 0 aliphatic rings. The molecule has 0 fully saturated rings. The summed E-state index contributed by atoms with van der Waals surface area (Å²) in [5, 5.41) is 8.25. The molecule has 0 spiro atoms. The molecule has 0 amide bonds. The zero-order chi connectivity index (χ0) is 12.5. The molecule has 2 aromatic heterocycles. The number of hydrogen-bond donors (Lipinski definition) is 2. The van der Waals surface area contributed by atoms with E-state index in [0.717, 1.165) is 28.7 Å². The fourth-order valence-electron chi connectivity index (χ4n) is 2.17. The molecule has 0 atom stereocenters. The van der Waals surface area contributed by atoms with Gasteiger partial charge in [0.15, 0.2) is 5.15 Å². The van der Waals surface area contributed by atoms with Gasteiger partial charge in [0.25, 0.3) is 0 Å². The first-order valence-corrected chi connectivity index (χ1v) is 6.47. The summed E-state index contributed by atoms with van der Waals surface area (Å²) in [6.07, 6.45) is 2.30. The smallest absolute Gasteiger partial charge is 0.160 e. The molecule has 0 aliphatic carbocycles. The Kier molecular flexibility index (Phi) is 2.84. The van der Waals surface area contributed by atoms with Crippen molar-refractivity contribution in [1.29, 1.82) is 0 Å². The molecule has 2 heterocycles. The number of rotatable bonds is 3. The SMILES string of the molecule is CCCc1ccc(-c2cc3c(Cl)n[nH]c3[nH]2)cc1. The predicted molar refractivity (Wildman–Crippen MR) is 74.9 cm³/mol. The molecule has 3 nitrogen and oxygen atoms in total. The average Bonchev–Trinajstić information content (AvgIpc) is 2.94. The highest BCUT2D eigenvalue weighted by atomic mass is 35.5. The number of nitrogens with zero attached hydrogens (tertiary/aromatic N) is 1. The lowest BCUT2D eigenvalue weighted by Crippen LogP contribution is -1.83. The Morgan fingerprint density at radius 1 is 1.22 bits per heavy atom. The highest BCUT2D eigenvalue weighted by molar-refractivity contribution is 6.34. The van der Waals surface area contributed by atoms with Crippen LogP contribution < -0.4 is 0 Å². The Balaban J connectivity index is 1.97. The summed E-state index contributed by atoms with van der Waals surface area (Å²) in [5.41, 5.74) is 4.46. The quantitative estimate of drug-likeness (QED) is 0.729. The normalized spacial score (nSPS) is 11.2. The third kappa shape index (κ3) is 1.91. The second-order valence-electron chi connectivity index (χ2n) is 4.43. The first kappa shape index (κ1) is 11.4. The van der Waals surface area contributed by atoms with Crippen LogP contribution in [0.1, 0.15) is 18.9 Å². The fraction of sp³-hybridized carbons (Fsp3) is 0.214. The van der Waals surface area contributed by atoms with E-state index in [2.05, 4.69) is 46.4 Å². The zero-order valence-electron chi connectivity index (χ0n) is 10.1. The van der Waals surface area contributed by atoms with Gasteiger partial charge in [0.1, 0.15) is 5.65 Å². The van der Waals surface area contributed by atoms with E-state index in [1.807, 2.05) is 6.07 Å².